The number of rotatable bonds is 4. The van der Waals surface area contributed by atoms with Gasteiger partial charge in [0.05, 0.1) is 5.01 Å². The van der Waals surface area contributed by atoms with E-state index in [2.05, 4.69) is 29.5 Å². The minimum Gasteiger partial charge on any atom is -0.346 e. The number of hydrogen-bond donors (Lipinski definition) is 0. The third-order valence-electron chi connectivity index (χ3n) is 6.40. The van der Waals surface area contributed by atoms with E-state index in [0.717, 1.165) is 30.9 Å². The Kier molecular flexibility index (Phi) is 6.00. The summed E-state index contributed by atoms with van der Waals surface area (Å²) in [6, 6.07) is 2.87. The molecule has 0 spiro atoms. The molecule has 0 aromatic carbocycles. The van der Waals surface area contributed by atoms with Gasteiger partial charge in [-0.1, -0.05) is 19.3 Å². The summed E-state index contributed by atoms with van der Waals surface area (Å²) >= 11 is 1.70. The Morgan fingerprint density at radius 2 is 2.00 bits per heavy atom. The average molecular weight is 398 g/mol. The van der Waals surface area contributed by atoms with Crippen LogP contribution in [0.25, 0.3) is 6.08 Å². The third-order valence-corrected chi connectivity index (χ3v) is 7.34. The number of carbonyl (C=O) groups is 1. The van der Waals surface area contributed by atoms with E-state index in [4.69, 9.17) is 0 Å². The lowest BCUT2D eigenvalue weighted by atomic mass is 9.95. The van der Waals surface area contributed by atoms with Crippen LogP contribution < -0.4 is 0 Å². The number of piperidine rings is 1. The SMILES string of the molecule is Cc1cc(/C=C/C(=O)N2CCCC(c3nccs3)C2)c(C)n1C1CCCCC1. The summed E-state index contributed by atoms with van der Waals surface area (Å²) in [4.78, 5) is 19.3. The van der Waals surface area contributed by atoms with Gasteiger partial charge in [0.15, 0.2) is 0 Å². The highest BCUT2D eigenvalue weighted by molar-refractivity contribution is 7.09. The zero-order chi connectivity index (χ0) is 19.5. The maximum atomic E-state index is 12.8. The van der Waals surface area contributed by atoms with Crippen LogP contribution >= 0.6 is 11.3 Å². The minimum absolute atomic E-state index is 0.128. The monoisotopic (exact) mass is 397 g/mol. The molecule has 5 heteroatoms. The van der Waals surface area contributed by atoms with Gasteiger partial charge in [-0.15, -0.1) is 11.3 Å². The third kappa shape index (κ3) is 4.09. The van der Waals surface area contributed by atoms with E-state index >= 15 is 0 Å². The van der Waals surface area contributed by atoms with E-state index in [9.17, 15) is 4.79 Å². The highest BCUT2D eigenvalue weighted by atomic mass is 32.1. The normalized spacial score (nSPS) is 21.5. The summed E-state index contributed by atoms with van der Waals surface area (Å²) in [5, 5.41) is 3.19. The molecular weight excluding hydrogens is 366 g/mol. The Balaban J connectivity index is 1.44. The molecule has 4 nitrogen and oxygen atoms in total. The van der Waals surface area contributed by atoms with Crippen molar-refractivity contribution in [3.8, 4) is 0 Å². The fourth-order valence-electron chi connectivity index (χ4n) is 4.95. The van der Waals surface area contributed by atoms with E-state index in [0.29, 0.717) is 12.0 Å². The first-order valence-corrected chi connectivity index (χ1v) is 11.6. The number of amides is 1. The molecule has 1 unspecified atom stereocenters. The number of carbonyl (C=O) groups excluding carboxylic acids is 1. The second-order valence-corrected chi connectivity index (χ2v) is 9.24. The second-order valence-electron chi connectivity index (χ2n) is 8.32. The van der Waals surface area contributed by atoms with Crippen molar-refractivity contribution in [1.82, 2.24) is 14.5 Å². The molecule has 1 atom stereocenters. The fourth-order valence-corrected chi connectivity index (χ4v) is 5.72. The molecule has 2 aliphatic rings. The van der Waals surface area contributed by atoms with E-state index in [1.165, 1.54) is 49.1 Å². The van der Waals surface area contributed by atoms with Crippen molar-refractivity contribution in [3.63, 3.8) is 0 Å². The lowest BCUT2D eigenvalue weighted by molar-refractivity contribution is -0.127. The van der Waals surface area contributed by atoms with Gasteiger partial charge in [-0.3, -0.25) is 4.79 Å². The fraction of sp³-hybridized carbons (Fsp3) is 0.565. The lowest BCUT2D eigenvalue weighted by Gasteiger charge is -2.31. The summed E-state index contributed by atoms with van der Waals surface area (Å²) in [5.74, 6) is 0.520. The highest BCUT2D eigenvalue weighted by Gasteiger charge is 2.25. The molecule has 0 N–H and O–H groups in total. The summed E-state index contributed by atoms with van der Waals surface area (Å²) in [6.45, 7) is 6.04. The van der Waals surface area contributed by atoms with Crippen LogP contribution in [-0.4, -0.2) is 33.4 Å². The molecule has 1 amide bonds. The number of thiazole rings is 1. The summed E-state index contributed by atoms with van der Waals surface area (Å²) < 4.78 is 2.50. The second kappa shape index (κ2) is 8.64. The van der Waals surface area contributed by atoms with Gasteiger partial charge in [0.1, 0.15) is 0 Å². The maximum absolute atomic E-state index is 12.8. The van der Waals surface area contributed by atoms with Gasteiger partial charge in [0.25, 0.3) is 0 Å². The highest BCUT2D eigenvalue weighted by Crippen LogP contribution is 2.33. The van der Waals surface area contributed by atoms with Crippen molar-refractivity contribution in [2.45, 2.75) is 70.8 Å². The molecular formula is C23H31N3OS. The van der Waals surface area contributed by atoms with Crippen LogP contribution in [0.2, 0.25) is 0 Å². The summed E-state index contributed by atoms with van der Waals surface area (Å²) in [7, 11) is 0. The molecule has 1 aliphatic heterocycles. The van der Waals surface area contributed by atoms with Gasteiger partial charge in [-0.05, 0) is 57.2 Å². The molecule has 150 valence electrons. The lowest BCUT2D eigenvalue weighted by Crippen LogP contribution is -2.38. The molecule has 1 aliphatic carbocycles. The standard InChI is InChI=1S/C23H31N3OS/c1-17-15-19(18(2)26(17)21-8-4-3-5-9-21)10-11-22(27)25-13-6-7-20(16-25)23-24-12-14-28-23/h10-12,14-15,20-21H,3-9,13,16H2,1-2H3/b11-10+. The molecule has 1 saturated heterocycles. The number of hydrogen-bond acceptors (Lipinski definition) is 3. The quantitative estimate of drug-likeness (QED) is 0.640. The molecule has 2 aromatic heterocycles. The van der Waals surface area contributed by atoms with E-state index < -0.39 is 0 Å². The van der Waals surface area contributed by atoms with Gasteiger partial charge in [-0.25, -0.2) is 4.98 Å². The van der Waals surface area contributed by atoms with Gasteiger partial charge < -0.3 is 9.47 Å². The van der Waals surface area contributed by atoms with Gasteiger partial charge in [0.2, 0.25) is 5.91 Å². The Bertz CT molecular complexity index is 830. The van der Waals surface area contributed by atoms with Crippen LogP contribution in [0.15, 0.2) is 23.7 Å². The first kappa shape index (κ1) is 19.4. The van der Waals surface area contributed by atoms with E-state index in [-0.39, 0.29) is 5.91 Å². The maximum Gasteiger partial charge on any atom is 0.246 e. The van der Waals surface area contributed by atoms with Crippen molar-refractivity contribution in [2.75, 3.05) is 13.1 Å². The van der Waals surface area contributed by atoms with Crippen LogP contribution in [0.5, 0.6) is 0 Å². The smallest absolute Gasteiger partial charge is 0.246 e. The first-order chi connectivity index (χ1) is 13.6. The van der Waals surface area contributed by atoms with Crippen LogP contribution in [0.3, 0.4) is 0 Å². The molecule has 1 saturated carbocycles. The van der Waals surface area contributed by atoms with Gasteiger partial charge in [-0.2, -0.15) is 0 Å². The summed E-state index contributed by atoms with van der Waals surface area (Å²) in [5.41, 5.74) is 3.80. The molecule has 3 heterocycles. The Morgan fingerprint density at radius 3 is 2.75 bits per heavy atom. The van der Waals surface area contributed by atoms with Gasteiger partial charge in [0, 0.05) is 54.1 Å². The Labute approximate surface area is 172 Å². The van der Waals surface area contributed by atoms with Crippen LogP contribution in [0.1, 0.15) is 78.9 Å². The largest absolute Gasteiger partial charge is 0.346 e. The van der Waals surface area contributed by atoms with Crippen molar-refractivity contribution in [1.29, 1.82) is 0 Å². The molecule has 28 heavy (non-hydrogen) atoms. The van der Waals surface area contributed by atoms with Crippen LogP contribution in [0, 0.1) is 13.8 Å². The van der Waals surface area contributed by atoms with Crippen LogP contribution in [0.4, 0.5) is 0 Å². The minimum atomic E-state index is 0.128. The molecule has 0 radical (unpaired) electrons. The predicted molar refractivity (Wildman–Crippen MR) is 116 cm³/mol. The Hall–Kier alpha value is -1.88. The molecule has 4 rings (SSSR count). The van der Waals surface area contributed by atoms with Crippen molar-refractivity contribution < 1.29 is 4.79 Å². The first-order valence-electron chi connectivity index (χ1n) is 10.7. The number of likely N-dealkylation sites (tertiary alicyclic amines) is 1. The van der Waals surface area contributed by atoms with E-state index in [1.54, 1.807) is 17.4 Å². The zero-order valence-corrected chi connectivity index (χ0v) is 17.9. The average Bonchev–Trinajstić information content (AvgIpc) is 3.35. The Morgan fingerprint density at radius 1 is 1.18 bits per heavy atom. The summed E-state index contributed by atoms with van der Waals surface area (Å²) in [6.07, 6.45) is 14.4. The van der Waals surface area contributed by atoms with Crippen molar-refractivity contribution in [3.05, 3.63) is 45.7 Å². The predicted octanol–water partition coefficient (Wildman–Crippen LogP) is 5.49. The number of aromatic nitrogens is 2. The molecule has 2 aromatic rings. The van der Waals surface area contributed by atoms with Crippen molar-refractivity contribution in [2.24, 2.45) is 0 Å². The zero-order valence-electron chi connectivity index (χ0n) is 17.1. The topological polar surface area (TPSA) is 38.1 Å². The van der Waals surface area contributed by atoms with Gasteiger partial charge >= 0.3 is 0 Å². The number of aryl methyl sites for hydroxylation is 1. The molecule has 0 bridgehead atoms. The van der Waals surface area contributed by atoms with Crippen molar-refractivity contribution >= 4 is 23.3 Å². The number of nitrogens with zero attached hydrogens (tertiary/aromatic N) is 3. The van der Waals surface area contributed by atoms with E-state index in [1.807, 2.05) is 22.6 Å². The van der Waals surface area contributed by atoms with Crippen LogP contribution in [-0.2, 0) is 4.79 Å². The molecule has 2 fully saturated rings.